The van der Waals surface area contributed by atoms with Crippen molar-refractivity contribution in [2.24, 2.45) is 5.92 Å². The van der Waals surface area contributed by atoms with Gasteiger partial charge in [0.25, 0.3) is 5.54 Å². The fourth-order valence-electron chi connectivity index (χ4n) is 2.18. The van der Waals surface area contributed by atoms with E-state index in [1.165, 1.54) is 0 Å². The first-order chi connectivity index (χ1) is 8.21. The van der Waals surface area contributed by atoms with Gasteiger partial charge in [-0.1, -0.05) is 54.6 Å². The molecule has 0 saturated carbocycles. The summed E-state index contributed by atoms with van der Waals surface area (Å²) in [5.74, 6) is -0.329. The van der Waals surface area contributed by atoms with E-state index in [9.17, 15) is 10.1 Å². The van der Waals surface area contributed by atoms with Crippen LogP contribution in [0.1, 0.15) is 5.56 Å². The van der Waals surface area contributed by atoms with Crippen LogP contribution in [0.25, 0.3) is 0 Å². The maximum atomic E-state index is 11.5. The van der Waals surface area contributed by atoms with Gasteiger partial charge in [-0.2, -0.15) is 0 Å². The van der Waals surface area contributed by atoms with E-state index in [0.717, 1.165) is 0 Å². The monoisotopic (exact) mass is 227 g/mol. The zero-order valence-electron chi connectivity index (χ0n) is 9.32. The van der Waals surface area contributed by atoms with Gasteiger partial charge in [-0.25, -0.2) is 0 Å². The SMILES string of the molecule is C=CC1C=CC=CC1(c1ccccc1)[N+](=O)[O-]. The summed E-state index contributed by atoms with van der Waals surface area (Å²) >= 11 is 0. The molecule has 0 aliphatic heterocycles. The molecule has 0 saturated heterocycles. The number of hydrogen-bond donors (Lipinski definition) is 0. The van der Waals surface area contributed by atoms with E-state index in [-0.39, 0.29) is 10.8 Å². The van der Waals surface area contributed by atoms with Gasteiger partial charge in [-0.15, -0.1) is 6.58 Å². The minimum absolute atomic E-state index is 0.241. The molecule has 0 amide bonds. The highest BCUT2D eigenvalue weighted by Gasteiger charge is 2.48. The largest absolute Gasteiger partial charge is 0.275 e. The third kappa shape index (κ3) is 1.69. The van der Waals surface area contributed by atoms with Gasteiger partial charge in [0, 0.05) is 10.5 Å². The molecule has 0 radical (unpaired) electrons. The smallest absolute Gasteiger partial charge is 0.263 e. The molecule has 0 spiro atoms. The Kier molecular flexibility index (Phi) is 2.91. The normalized spacial score (nSPS) is 26.7. The zero-order valence-corrected chi connectivity index (χ0v) is 9.32. The van der Waals surface area contributed by atoms with Crippen LogP contribution in [-0.4, -0.2) is 4.92 Å². The van der Waals surface area contributed by atoms with Crippen LogP contribution in [0.3, 0.4) is 0 Å². The van der Waals surface area contributed by atoms with Crippen LogP contribution in [0.5, 0.6) is 0 Å². The highest BCUT2D eigenvalue weighted by Crippen LogP contribution is 2.38. The fraction of sp³-hybridized carbons (Fsp3) is 0.143. The van der Waals surface area contributed by atoms with Gasteiger partial charge in [-0.3, -0.25) is 10.1 Å². The van der Waals surface area contributed by atoms with Crippen molar-refractivity contribution >= 4 is 0 Å². The molecule has 0 heterocycles. The lowest BCUT2D eigenvalue weighted by atomic mass is 9.76. The van der Waals surface area contributed by atoms with Gasteiger partial charge in [0.1, 0.15) is 0 Å². The highest BCUT2D eigenvalue weighted by atomic mass is 16.6. The van der Waals surface area contributed by atoms with E-state index in [2.05, 4.69) is 6.58 Å². The number of nitrogens with zero attached hydrogens (tertiary/aromatic N) is 1. The molecule has 17 heavy (non-hydrogen) atoms. The van der Waals surface area contributed by atoms with Gasteiger partial charge in [0.05, 0.1) is 5.92 Å². The highest BCUT2D eigenvalue weighted by molar-refractivity contribution is 5.36. The molecular weight excluding hydrogens is 214 g/mol. The second kappa shape index (κ2) is 4.37. The minimum Gasteiger partial charge on any atom is -0.263 e. The molecule has 86 valence electrons. The summed E-state index contributed by atoms with van der Waals surface area (Å²) in [6.45, 7) is 3.70. The van der Waals surface area contributed by atoms with Crippen molar-refractivity contribution in [3.63, 3.8) is 0 Å². The first-order valence-electron chi connectivity index (χ1n) is 5.40. The van der Waals surface area contributed by atoms with Crippen LogP contribution in [0.4, 0.5) is 0 Å². The first kappa shape index (κ1) is 11.3. The van der Waals surface area contributed by atoms with Crippen molar-refractivity contribution in [2.45, 2.75) is 5.54 Å². The summed E-state index contributed by atoms with van der Waals surface area (Å²) in [5, 5.41) is 11.5. The maximum absolute atomic E-state index is 11.5. The Morgan fingerprint density at radius 3 is 2.59 bits per heavy atom. The van der Waals surface area contributed by atoms with Crippen LogP contribution in [-0.2, 0) is 5.54 Å². The molecule has 1 aromatic rings. The molecular formula is C14H13NO2. The van der Waals surface area contributed by atoms with E-state index in [1.54, 1.807) is 30.4 Å². The van der Waals surface area contributed by atoms with Crippen LogP contribution in [0, 0.1) is 16.0 Å². The van der Waals surface area contributed by atoms with Crippen LogP contribution < -0.4 is 0 Å². The molecule has 2 rings (SSSR count). The van der Waals surface area contributed by atoms with Gasteiger partial charge >= 0.3 is 0 Å². The van der Waals surface area contributed by atoms with Gasteiger partial charge in [0.15, 0.2) is 0 Å². The van der Waals surface area contributed by atoms with Crippen LogP contribution >= 0.6 is 0 Å². The number of hydrogen-bond acceptors (Lipinski definition) is 2. The quantitative estimate of drug-likeness (QED) is 0.452. The molecule has 1 aliphatic carbocycles. The van der Waals surface area contributed by atoms with E-state index in [1.807, 2.05) is 30.4 Å². The van der Waals surface area contributed by atoms with E-state index in [0.29, 0.717) is 5.56 Å². The zero-order chi connectivity index (χ0) is 12.3. The Morgan fingerprint density at radius 2 is 2.00 bits per heavy atom. The fourth-order valence-corrected chi connectivity index (χ4v) is 2.18. The molecule has 2 unspecified atom stereocenters. The average molecular weight is 227 g/mol. The molecule has 1 aromatic carbocycles. The standard InChI is InChI=1S/C14H13NO2/c1-2-12-8-6-7-11-14(12,15(16)17)13-9-4-3-5-10-13/h2-12H,1H2. The minimum atomic E-state index is -1.22. The lowest BCUT2D eigenvalue weighted by molar-refractivity contribution is -0.570. The molecule has 3 heteroatoms. The Morgan fingerprint density at radius 1 is 1.29 bits per heavy atom. The van der Waals surface area contributed by atoms with Gasteiger partial charge in [-0.05, 0) is 6.08 Å². The summed E-state index contributed by atoms with van der Waals surface area (Å²) in [7, 11) is 0. The topological polar surface area (TPSA) is 43.1 Å². The van der Waals surface area contributed by atoms with Crippen molar-refractivity contribution in [3.05, 3.63) is 83.0 Å². The van der Waals surface area contributed by atoms with Crippen LogP contribution in [0.15, 0.2) is 67.3 Å². The van der Waals surface area contributed by atoms with Crippen LogP contribution in [0.2, 0.25) is 0 Å². The molecule has 1 aliphatic rings. The van der Waals surface area contributed by atoms with Crippen molar-refractivity contribution in [3.8, 4) is 0 Å². The molecule has 2 atom stereocenters. The Hall–Kier alpha value is -2.16. The third-order valence-corrected chi connectivity index (χ3v) is 3.08. The summed E-state index contributed by atoms with van der Waals surface area (Å²) in [6.07, 6.45) is 8.60. The lowest BCUT2D eigenvalue weighted by Crippen LogP contribution is -2.40. The van der Waals surface area contributed by atoms with Gasteiger partial charge < -0.3 is 0 Å². The Balaban J connectivity index is 2.61. The summed E-state index contributed by atoms with van der Waals surface area (Å²) in [5.41, 5.74) is -0.548. The second-order valence-electron chi connectivity index (χ2n) is 3.95. The number of benzene rings is 1. The van der Waals surface area contributed by atoms with E-state index < -0.39 is 5.54 Å². The predicted octanol–water partition coefficient (Wildman–Crippen LogP) is 3.09. The predicted molar refractivity (Wildman–Crippen MR) is 67.1 cm³/mol. The van der Waals surface area contributed by atoms with E-state index in [4.69, 9.17) is 0 Å². The molecule has 0 aromatic heterocycles. The van der Waals surface area contributed by atoms with E-state index >= 15 is 0 Å². The van der Waals surface area contributed by atoms with Crippen molar-refractivity contribution in [1.82, 2.24) is 0 Å². The van der Waals surface area contributed by atoms with Crippen molar-refractivity contribution in [1.29, 1.82) is 0 Å². The third-order valence-electron chi connectivity index (χ3n) is 3.08. The Bertz CT molecular complexity index is 490. The summed E-state index contributed by atoms with van der Waals surface area (Å²) < 4.78 is 0. The lowest BCUT2D eigenvalue weighted by Gasteiger charge is -2.29. The number of nitro groups is 1. The molecule has 0 fully saturated rings. The number of allylic oxidation sites excluding steroid dienone is 2. The summed E-state index contributed by atoms with van der Waals surface area (Å²) in [4.78, 5) is 11.3. The average Bonchev–Trinajstić information content (AvgIpc) is 2.39. The molecule has 0 bridgehead atoms. The maximum Gasteiger partial charge on any atom is 0.275 e. The molecule has 0 N–H and O–H groups in total. The summed E-state index contributed by atoms with van der Waals surface area (Å²) in [6, 6.07) is 9.04. The van der Waals surface area contributed by atoms with Crippen molar-refractivity contribution < 1.29 is 4.92 Å². The molecule has 3 nitrogen and oxygen atoms in total. The Labute approximate surface area is 99.9 Å². The first-order valence-corrected chi connectivity index (χ1v) is 5.40. The second-order valence-corrected chi connectivity index (χ2v) is 3.95. The number of rotatable bonds is 3. The van der Waals surface area contributed by atoms with Gasteiger partial charge in [0.2, 0.25) is 0 Å². The van der Waals surface area contributed by atoms with Crippen molar-refractivity contribution in [2.75, 3.05) is 0 Å².